The maximum atomic E-state index is 11.7. The second-order valence-electron chi connectivity index (χ2n) is 4.48. The lowest BCUT2D eigenvalue weighted by Crippen LogP contribution is -2.29. The highest BCUT2D eigenvalue weighted by atomic mass is 35.5. The second-order valence-corrected chi connectivity index (χ2v) is 4.89. The predicted molar refractivity (Wildman–Crippen MR) is 73.3 cm³/mol. The van der Waals surface area contributed by atoms with Crippen LogP contribution in [0.15, 0.2) is 24.3 Å². The van der Waals surface area contributed by atoms with Gasteiger partial charge in [-0.1, -0.05) is 48.4 Å². The molecule has 0 atom stereocenters. The van der Waals surface area contributed by atoms with Crippen molar-refractivity contribution in [3.05, 3.63) is 34.9 Å². The molecule has 0 saturated heterocycles. The van der Waals surface area contributed by atoms with E-state index in [1.54, 1.807) is 0 Å². The van der Waals surface area contributed by atoms with Crippen molar-refractivity contribution < 1.29 is 4.79 Å². The summed E-state index contributed by atoms with van der Waals surface area (Å²) >= 11 is 5.98. The number of benzene rings is 1. The van der Waals surface area contributed by atoms with Crippen LogP contribution in [0.4, 0.5) is 0 Å². The molecule has 0 aromatic heterocycles. The van der Waals surface area contributed by atoms with Gasteiger partial charge in [-0.3, -0.25) is 4.79 Å². The Morgan fingerprint density at radius 3 is 2.78 bits per heavy atom. The summed E-state index contributed by atoms with van der Waals surface area (Å²) < 4.78 is 0. The van der Waals surface area contributed by atoms with E-state index in [-0.39, 0.29) is 11.8 Å². The minimum atomic E-state index is 0.140. The third-order valence-electron chi connectivity index (χ3n) is 3.17. The van der Waals surface area contributed by atoms with E-state index in [2.05, 4.69) is 17.2 Å². The summed E-state index contributed by atoms with van der Waals surface area (Å²) in [6, 6.07) is 7.44. The van der Waals surface area contributed by atoms with Crippen molar-refractivity contribution in [1.29, 1.82) is 0 Å². The molecule has 1 N–H and O–H groups in total. The van der Waals surface area contributed by atoms with Crippen LogP contribution in [0, 0.1) is 17.8 Å². The van der Waals surface area contributed by atoms with Crippen LogP contribution in [-0.2, 0) is 4.79 Å². The molecule has 3 heteroatoms. The molecule has 2 rings (SSSR count). The van der Waals surface area contributed by atoms with E-state index < -0.39 is 0 Å². The third kappa shape index (κ3) is 3.51. The van der Waals surface area contributed by atoms with Crippen LogP contribution in [0.1, 0.15) is 31.2 Å². The summed E-state index contributed by atoms with van der Waals surface area (Å²) in [6.45, 7) is 0.389. The largest absolute Gasteiger partial charge is 0.345 e. The molecule has 1 saturated carbocycles. The Morgan fingerprint density at radius 1 is 1.33 bits per heavy atom. The lowest BCUT2D eigenvalue weighted by atomic mass is 10.1. The Morgan fingerprint density at radius 2 is 2.06 bits per heavy atom. The van der Waals surface area contributed by atoms with E-state index in [9.17, 15) is 4.79 Å². The molecule has 0 bridgehead atoms. The lowest BCUT2D eigenvalue weighted by molar-refractivity contribution is -0.124. The lowest BCUT2D eigenvalue weighted by Gasteiger charge is -2.07. The van der Waals surface area contributed by atoms with Crippen molar-refractivity contribution >= 4 is 17.5 Å². The molecule has 0 unspecified atom stereocenters. The first-order chi connectivity index (χ1) is 8.77. The average molecular weight is 262 g/mol. The minimum Gasteiger partial charge on any atom is -0.345 e. The standard InChI is InChI=1S/C15H16ClNO/c16-14-10-4-3-6-12(14)9-5-11-17-15(18)13-7-1-2-8-13/h3-4,6,10,13H,1-2,7-8,11H2,(H,17,18). The molecule has 1 aromatic rings. The number of halogens is 1. The Bertz CT molecular complexity index is 481. The van der Waals surface area contributed by atoms with Crippen LogP contribution in [0.3, 0.4) is 0 Å². The van der Waals surface area contributed by atoms with Crippen molar-refractivity contribution in [2.45, 2.75) is 25.7 Å². The van der Waals surface area contributed by atoms with Crippen LogP contribution in [0.2, 0.25) is 5.02 Å². The highest BCUT2D eigenvalue weighted by molar-refractivity contribution is 6.31. The number of amides is 1. The molecule has 1 aromatic carbocycles. The number of carbonyl (C=O) groups excluding carboxylic acids is 1. The fourth-order valence-electron chi connectivity index (χ4n) is 2.17. The second kappa shape index (κ2) is 6.47. The van der Waals surface area contributed by atoms with Gasteiger partial charge in [-0.2, -0.15) is 0 Å². The van der Waals surface area contributed by atoms with E-state index in [0.29, 0.717) is 11.6 Å². The molecule has 1 aliphatic rings. The zero-order chi connectivity index (χ0) is 12.8. The van der Waals surface area contributed by atoms with E-state index in [4.69, 9.17) is 11.6 Å². The molecule has 0 aliphatic heterocycles. The predicted octanol–water partition coefficient (Wildman–Crippen LogP) is 3.00. The van der Waals surface area contributed by atoms with Gasteiger partial charge in [0.15, 0.2) is 0 Å². The van der Waals surface area contributed by atoms with Crippen LogP contribution < -0.4 is 5.32 Å². The van der Waals surface area contributed by atoms with E-state index >= 15 is 0 Å². The van der Waals surface area contributed by atoms with Gasteiger partial charge in [0.25, 0.3) is 0 Å². The highest BCUT2D eigenvalue weighted by Crippen LogP contribution is 2.24. The number of hydrogen-bond donors (Lipinski definition) is 1. The average Bonchev–Trinajstić information content (AvgIpc) is 2.90. The van der Waals surface area contributed by atoms with Crippen LogP contribution >= 0.6 is 11.6 Å². The molecule has 0 heterocycles. The van der Waals surface area contributed by atoms with Gasteiger partial charge in [-0.25, -0.2) is 0 Å². The summed E-state index contributed by atoms with van der Waals surface area (Å²) in [5.41, 5.74) is 0.800. The molecule has 2 nitrogen and oxygen atoms in total. The zero-order valence-corrected chi connectivity index (χ0v) is 11.0. The Labute approximate surface area is 113 Å². The van der Waals surface area contributed by atoms with Crippen LogP contribution in [0.5, 0.6) is 0 Å². The Kier molecular flexibility index (Phi) is 4.66. The van der Waals surface area contributed by atoms with Crippen molar-refractivity contribution in [3.63, 3.8) is 0 Å². The Balaban J connectivity index is 1.82. The zero-order valence-electron chi connectivity index (χ0n) is 10.2. The molecule has 94 valence electrons. The van der Waals surface area contributed by atoms with Gasteiger partial charge in [0, 0.05) is 11.5 Å². The highest BCUT2D eigenvalue weighted by Gasteiger charge is 2.21. The summed E-state index contributed by atoms with van der Waals surface area (Å²) in [6.07, 6.45) is 4.38. The molecule has 0 radical (unpaired) electrons. The van der Waals surface area contributed by atoms with Gasteiger partial charge in [0.05, 0.1) is 11.6 Å². The van der Waals surface area contributed by atoms with Gasteiger partial charge >= 0.3 is 0 Å². The Hall–Kier alpha value is -1.46. The summed E-state index contributed by atoms with van der Waals surface area (Å²) in [7, 11) is 0. The van der Waals surface area contributed by atoms with Crippen molar-refractivity contribution in [2.75, 3.05) is 6.54 Å². The van der Waals surface area contributed by atoms with Gasteiger partial charge in [-0.15, -0.1) is 0 Å². The normalized spacial score (nSPS) is 14.9. The monoisotopic (exact) mass is 261 g/mol. The van der Waals surface area contributed by atoms with E-state index in [0.717, 1.165) is 18.4 Å². The van der Waals surface area contributed by atoms with Gasteiger partial charge in [-0.05, 0) is 25.0 Å². The van der Waals surface area contributed by atoms with Gasteiger partial charge < -0.3 is 5.32 Å². The maximum Gasteiger partial charge on any atom is 0.223 e. The first kappa shape index (κ1) is 13.0. The summed E-state index contributed by atoms with van der Waals surface area (Å²) in [5, 5.41) is 3.50. The number of hydrogen-bond acceptors (Lipinski definition) is 1. The topological polar surface area (TPSA) is 29.1 Å². The molecular weight excluding hydrogens is 246 g/mol. The fraction of sp³-hybridized carbons (Fsp3) is 0.400. The van der Waals surface area contributed by atoms with Crippen molar-refractivity contribution in [3.8, 4) is 11.8 Å². The van der Waals surface area contributed by atoms with Gasteiger partial charge in [0.2, 0.25) is 5.91 Å². The first-order valence-corrected chi connectivity index (χ1v) is 6.66. The quantitative estimate of drug-likeness (QED) is 0.815. The third-order valence-corrected chi connectivity index (χ3v) is 3.50. The molecule has 18 heavy (non-hydrogen) atoms. The van der Waals surface area contributed by atoms with Crippen LogP contribution in [-0.4, -0.2) is 12.5 Å². The van der Waals surface area contributed by atoms with E-state index in [1.165, 1.54) is 12.8 Å². The molecular formula is C15H16ClNO. The molecule has 1 amide bonds. The summed E-state index contributed by atoms with van der Waals surface area (Å²) in [4.78, 5) is 11.7. The minimum absolute atomic E-state index is 0.140. The van der Waals surface area contributed by atoms with Crippen molar-refractivity contribution in [1.82, 2.24) is 5.32 Å². The SMILES string of the molecule is O=C(NCC#Cc1ccccc1Cl)C1CCCC1. The number of nitrogens with one attached hydrogen (secondary N) is 1. The summed E-state index contributed by atoms with van der Waals surface area (Å²) in [5.74, 6) is 6.23. The van der Waals surface area contributed by atoms with E-state index in [1.807, 2.05) is 24.3 Å². The fourth-order valence-corrected chi connectivity index (χ4v) is 2.35. The molecule has 1 aliphatic carbocycles. The first-order valence-electron chi connectivity index (χ1n) is 6.28. The van der Waals surface area contributed by atoms with Crippen molar-refractivity contribution in [2.24, 2.45) is 5.92 Å². The number of rotatable bonds is 2. The maximum absolute atomic E-state index is 11.7. The van der Waals surface area contributed by atoms with Crippen LogP contribution in [0.25, 0.3) is 0 Å². The number of carbonyl (C=O) groups is 1. The van der Waals surface area contributed by atoms with Gasteiger partial charge in [0.1, 0.15) is 0 Å². The molecule has 1 fully saturated rings. The molecule has 0 spiro atoms. The smallest absolute Gasteiger partial charge is 0.223 e.